The highest BCUT2D eigenvalue weighted by atomic mass is 32.2. The quantitative estimate of drug-likeness (QED) is 0.664. The molecular weight excluding hydrogens is 336 g/mol. The number of rotatable bonds is 8. The Hall–Kier alpha value is -2.14. The summed E-state index contributed by atoms with van der Waals surface area (Å²) in [7, 11) is 0.302. The maximum atomic E-state index is 12.7. The average Bonchev–Trinajstić information content (AvgIpc) is 2.63. The Labute approximate surface area is 151 Å². The normalized spacial score (nSPS) is 11.8. The minimum absolute atomic E-state index is 0.237. The Bertz CT molecular complexity index is 741. The van der Waals surface area contributed by atoms with Crippen molar-refractivity contribution in [3.8, 4) is 5.75 Å². The summed E-state index contributed by atoms with van der Waals surface area (Å²) in [6.07, 6.45) is 1.74. The van der Waals surface area contributed by atoms with Crippen LogP contribution in [0.5, 0.6) is 5.75 Å². The van der Waals surface area contributed by atoms with Gasteiger partial charge in [-0.25, -0.2) is 4.79 Å². The van der Waals surface area contributed by atoms with Gasteiger partial charge in [-0.05, 0) is 36.6 Å². The zero-order chi connectivity index (χ0) is 18.2. The summed E-state index contributed by atoms with van der Waals surface area (Å²) in [5, 5.41) is 0. The average molecular weight is 360 g/mol. The molecule has 0 aliphatic heterocycles. The summed E-state index contributed by atoms with van der Waals surface area (Å²) in [5.74, 6) is 0.334. The van der Waals surface area contributed by atoms with Gasteiger partial charge < -0.3 is 9.47 Å². The lowest BCUT2D eigenvalue weighted by Crippen LogP contribution is -2.13. The van der Waals surface area contributed by atoms with Gasteiger partial charge in [-0.3, -0.25) is 4.21 Å². The molecule has 0 spiro atoms. The van der Waals surface area contributed by atoms with Crippen molar-refractivity contribution in [3.05, 3.63) is 59.2 Å². The first-order valence-electron chi connectivity index (χ1n) is 8.41. The van der Waals surface area contributed by atoms with Gasteiger partial charge in [0.2, 0.25) is 0 Å². The van der Waals surface area contributed by atoms with Crippen LogP contribution >= 0.6 is 0 Å². The Kier molecular flexibility index (Phi) is 7.19. The van der Waals surface area contributed by atoms with Crippen LogP contribution in [-0.2, 0) is 27.7 Å². The molecule has 0 bridgehead atoms. The molecule has 2 aromatic carbocycles. The first kappa shape index (κ1) is 19.2. The molecule has 0 saturated heterocycles. The number of carbonyl (C=O) groups is 1. The fourth-order valence-electron chi connectivity index (χ4n) is 2.71. The number of hydrogen-bond acceptors (Lipinski definition) is 4. The maximum absolute atomic E-state index is 12.7. The molecule has 0 aliphatic carbocycles. The van der Waals surface area contributed by atoms with Gasteiger partial charge in [-0.2, -0.15) is 0 Å². The number of methoxy groups -OCH3 is 1. The molecular formula is C20H24O4S. The summed E-state index contributed by atoms with van der Waals surface area (Å²) in [6.45, 7) is 4.12. The van der Waals surface area contributed by atoms with Crippen LogP contribution in [0.15, 0.2) is 47.4 Å². The summed E-state index contributed by atoms with van der Waals surface area (Å²) < 4.78 is 23.4. The molecule has 0 radical (unpaired) electrons. The topological polar surface area (TPSA) is 52.6 Å². The van der Waals surface area contributed by atoms with Crippen LogP contribution in [0, 0.1) is 0 Å². The summed E-state index contributed by atoms with van der Waals surface area (Å²) in [4.78, 5) is 13.2. The highest BCUT2D eigenvalue weighted by Gasteiger charge is 2.23. The fraction of sp³-hybridized carbons (Fsp3) is 0.350. The second-order valence-corrected chi connectivity index (χ2v) is 7.02. The van der Waals surface area contributed by atoms with Crippen LogP contribution in [0.3, 0.4) is 0 Å². The molecule has 0 heterocycles. The van der Waals surface area contributed by atoms with Crippen molar-refractivity contribution in [2.75, 3.05) is 13.7 Å². The Morgan fingerprint density at radius 1 is 1.04 bits per heavy atom. The van der Waals surface area contributed by atoms with E-state index in [0.717, 1.165) is 23.3 Å². The van der Waals surface area contributed by atoms with Gasteiger partial charge >= 0.3 is 5.97 Å². The largest absolute Gasteiger partial charge is 0.496 e. The van der Waals surface area contributed by atoms with Crippen molar-refractivity contribution in [2.24, 2.45) is 0 Å². The van der Waals surface area contributed by atoms with E-state index in [-0.39, 0.29) is 12.4 Å². The van der Waals surface area contributed by atoms with Crippen molar-refractivity contribution in [1.29, 1.82) is 0 Å². The summed E-state index contributed by atoms with van der Waals surface area (Å²) >= 11 is 0. The highest BCUT2D eigenvalue weighted by Crippen LogP contribution is 2.30. The van der Waals surface area contributed by atoms with E-state index in [1.54, 1.807) is 14.0 Å². The molecule has 134 valence electrons. The SMILES string of the molecule is CCCc1ccc(CS(=O)c2ccccc2)c(C(=O)OCC)c1OC. The number of benzene rings is 2. The molecule has 0 N–H and O–H groups in total. The molecule has 1 unspecified atom stereocenters. The van der Waals surface area contributed by atoms with Crippen LogP contribution < -0.4 is 4.74 Å². The lowest BCUT2D eigenvalue weighted by atomic mass is 10.00. The molecule has 1 atom stereocenters. The van der Waals surface area contributed by atoms with Crippen molar-refractivity contribution < 1.29 is 18.5 Å². The predicted octanol–water partition coefficient (Wildman–Crippen LogP) is 4.13. The summed E-state index contributed by atoms with van der Waals surface area (Å²) in [5.41, 5.74) is 2.03. The monoisotopic (exact) mass is 360 g/mol. The zero-order valence-electron chi connectivity index (χ0n) is 14.9. The molecule has 0 fully saturated rings. The third-order valence-electron chi connectivity index (χ3n) is 3.82. The zero-order valence-corrected chi connectivity index (χ0v) is 15.7. The molecule has 0 aliphatic rings. The Morgan fingerprint density at radius 2 is 1.72 bits per heavy atom. The van der Waals surface area contributed by atoms with E-state index in [4.69, 9.17) is 9.47 Å². The number of ether oxygens (including phenoxy) is 2. The van der Waals surface area contributed by atoms with Gasteiger partial charge in [0, 0.05) is 4.90 Å². The Balaban J connectivity index is 2.45. The van der Waals surface area contributed by atoms with E-state index in [0.29, 0.717) is 16.9 Å². The Morgan fingerprint density at radius 3 is 2.32 bits per heavy atom. The van der Waals surface area contributed by atoms with Gasteiger partial charge in [-0.1, -0.05) is 43.7 Å². The van der Waals surface area contributed by atoms with Gasteiger partial charge in [0.1, 0.15) is 11.3 Å². The van der Waals surface area contributed by atoms with Crippen molar-refractivity contribution >= 4 is 16.8 Å². The van der Waals surface area contributed by atoms with E-state index >= 15 is 0 Å². The number of esters is 1. The van der Waals surface area contributed by atoms with E-state index in [1.165, 1.54) is 0 Å². The second kappa shape index (κ2) is 9.37. The van der Waals surface area contributed by atoms with Gasteiger partial charge in [0.25, 0.3) is 0 Å². The van der Waals surface area contributed by atoms with Crippen molar-refractivity contribution in [1.82, 2.24) is 0 Å². The maximum Gasteiger partial charge on any atom is 0.342 e. The predicted molar refractivity (Wildman–Crippen MR) is 99.5 cm³/mol. The van der Waals surface area contributed by atoms with Crippen LogP contribution in [0.4, 0.5) is 0 Å². The fourth-order valence-corrected chi connectivity index (χ4v) is 3.86. The minimum atomic E-state index is -1.25. The van der Waals surface area contributed by atoms with Gasteiger partial charge in [0.05, 0.1) is 30.3 Å². The first-order valence-corrected chi connectivity index (χ1v) is 9.73. The number of carbonyl (C=O) groups excluding carboxylic acids is 1. The lowest BCUT2D eigenvalue weighted by molar-refractivity contribution is 0.0521. The molecule has 4 nitrogen and oxygen atoms in total. The summed E-state index contributed by atoms with van der Waals surface area (Å²) in [6, 6.07) is 13.0. The molecule has 25 heavy (non-hydrogen) atoms. The standard InChI is InChI=1S/C20H24O4S/c1-4-9-15-12-13-16(14-25(22)17-10-7-6-8-11-17)18(19(15)23-3)20(21)24-5-2/h6-8,10-13H,4-5,9,14H2,1-3H3. The van der Waals surface area contributed by atoms with Crippen molar-refractivity contribution in [3.63, 3.8) is 0 Å². The highest BCUT2D eigenvalue weighted by molar-refractivity contribution is 7.84. The lowest BCUT2D eigenvalue weighted by Gasteiger charge is -2.16. The van der Waals surface area contributed by atoms with Crippen LogP contribution in [0.1, 0.15) is 41.8 Å². The molecule has 0 saturated carbocycles. The van der Waals surface area contributed by atoms with E-state index in [9.17, 15) is 9.00 Å². The number of aryl methyl sites for hydroxylation is 1. The third-order valence-corrected chi connectivity index (χ3v) is 5.19. The van der Waals surface area contributed by atoms with E-state index in [1.807, 2.05) is 42.5 Å². The van der Waals surface area contributed by atoms with E-state index in [2.05, 4.69) is 6.92 Å². The first-order chi connectivity index (χ1) is 12.1. The second-order valence-electron chi connectivity index (χ2n) is 5.57. The van der Waals surface area contributed by atoms with Crippen LogP contribution in [0.2, 0.25) is 0 Å². The minimum Gasteiger partial charge on any atom is -0.496 e. The molecule has 2 rings (SSSR count). The number of hydrogen-bond donors (Lipinski definition) is 0. The smallest absolute Gasteiger partial charge is 0.342 e. The molecule has 5 heteroatoms. The van der Waals surface area contributed by atoms with E-state index < -0.39 is 16.8 Å². The molecule has 0 amide bonds. The van der Waals surface area contributed by atoms with Crippen molar-refractivity contribution in [2.45, 2.75) is 37.3 Å². The third kappa shape index (κ3) is 4.69. The molecule has 0 aromatic heterocycles. The molecule has 2 aromatic rings. The van der Waals surface area contributed by atoms with Gasteiger partial charge in [-0.15, -0.1) is 0 Å². The van der Waals surface area contributed by atoms with Crippen LogP contribution in [0.25, 0.3) is 0 Å². The van der Waals surface area contributed by atoms with Gasteiger partial charge in [0.15, 0.2) is 0 Å². The van der Waals surface area contributed by atoms with Crippen LogP contribution in [-0.4, -0.2) is 23.9 Å².